The minimum atomic E-state index is -0.217. The van der Waals surface area contributed by atoms with Crippen molar-refractivity contribution in [2.45, 2.75) is 0 Å². The topological polar surface area (TPSA) is 78.2 Å². The SMILES string of the molecule is Nc1cnn(C(=O)c2ccn3cncc3c2)c1. The lowest BCUT2D eigenvalue weighted by Crippen LogP contribution is -2.12. The van der Waals surface area contributed by atoms with E-state index < -0.39 is 0 Å². The Morgan fingerprint density at radius 3 is 3.00 bits per heavy atom. The number of nitrogen functional groups attached to an aromatic ring is 1. The number of rotatable bonds is 1. The molecule has 0 aliphatic heterocycles. The maximum absolute atomic E-state index is 12.0. The molecule has 0 saturated carbocycles. The number of anilines is 1. The maximum Gasteiger partial charge on any atom is 0.278 e. The highest BCUT2D eigenvalue weighted by Gasteiger charge is 2.10. The van der Waals surface area contributed by atoms with Gasteiger partial charge in [0.2, 0.25) is 0 Å². The zero-order chi connectivity index (χ0) is 11.8. The molecule has 0 saturated heterocycles. The molecule has 3 rings (SSSR count). The molecule has 2 N–H and O–H groups in total. The van der Waals surface area contributed by atoms with E-state index in [0.29, 0.717) is 11.3 Å². The van der Waals surface area contributed by atoms with E-state index in [-0.39, 0.29) is 5.91 Å². The Bertz CT molecular complexity index is 697. The summed E-state index contributed by atoms with van der Waals surface area (Å²) in [5.41, 5.74) is 7.38. The molecule has 0 atom stereocenters. The Labute approximate surface area is 96.3 Å². The fourth-order valence-corrected chi connectivity index (χ4v) is 1.63. The Hall–Kier alpha value is -2.63. The summed E-state index contributed by atoms with van der Waals surface area (Å²) in [5.74, 6) is -0.217. The van der Waals surface area contributed by atoms with Crippen LogP contribution in [0.5, 0.6) is 0 Å². The smallest absolute Gasteiger partial charge is 0.278 e. The number of hydrogen-bond donors (Lipinski definition) is 1. The minimum absolute atomic E-state index is 0.217. The number of fused-ring (bicyclic) bond motifs is 1. The van der Waals surface area contributed by atoms with Crippen LogP contribution in [0.4, 0.5) is 5.69 Å². The molecule has 6 nitrogen and oxygen atoms in total. The summed E-state index contributed by atoms with van der Waals surface area (Å²) >= 11 is 0. The van der Waals surface area contributed by atoms with Crippen LogP contribution in [-0.2, 0) is 0 Å². The number of nitrogens with two attached hydrogens (primary N) is 1. The van der Waals surface area contributed by atoms with Gasteiger partial charge in [0.05, 0.1) is 36.1 Å². The first-order valence-electron chi connectivity index (χ1n) is 5.00. The van der Waals surface area contributed by atoms with Crippen LogP contribution in [0, 0.1) is 0 Å². The molecule has 3 aromatic rings. The van der Waals surface area contributed by atoms with Crippen molar-refractivity contribution in [1.29, 1.82) is 0 Å². The lowest BCUT2D eigenvalue weighted by molar-refractivity contribution is 0.0945. The minimum Gasteiger partial charge on any atom is -0.396 e. The molecule has 6 heteroatoms. The monoisotopic (exact) mass is 227 g/mol. The van der Waals surface area contributed by atoms with E-state index in [1.54, 1.807) is 30.9 Å². The second-order valence-corrected chi connectivity index (χ2v) is 3.66. The van der Waals surface area contributed by atoms with Crippen LogP contribution in [0.1, 0.15) is 10.4 Å². The Kier molecular flexibility index (Phi) is 1.94. The molecule has 0 fully saturated rings. The van der Waals surface area contributed by atoms with Crippen LogP contribution < -0.4 is 5.73 Å². The molecule has 3 heterocycles. The summed E-state index contributed by atoms with van der Waals surface area (Å²) in [7, 11) is 0. The third kappa shape index (κ3) is 1.55. The van der Waals surface area contributed by atoms with Gasteiger partial charge in [-0.2, -0.15) is 5.10 Å². The molecular weight excluding hydrogens is 218 g/mol. The fraction of sp³-hybridized carbons (Fsp3) is 0. The summed E-state index contributed by atoms with van der Waals surface area (Å²) in [6.07, 6.45) is 8.07. The van der Waals surface area contributed by atoms with Crippen molar-refractivity contribution in [3.63, 3.8) is 0 Å². The maximum atomic E-state index is 12.0. The normalized spacial score (nSPS) is 10.8. The van der Waals surface area contributed by atoms with Gasteiger partial charge < -0.3 is 10.1 Å². The average molecular weight is 227 g/mol. The molecule has 0 aliphatic carbocycles. The summed E-state index contributed by atoms with van der Waals surface area (Å²) in [6, 6.07) is 3.47. The highest BCUT2D eigenvalue weighted by molar-refractivity contribution is 5.96. The van der Waals surface area contributed by atoms with E-state index in [1.165, 1.54) is 17.1 Å². The molecule has 0 bridgehead atoms. The molecule has 0 radical (unpaired) electrons. The average Bonchev–Trinajstić information content (AvgIpc) is 2.95. The second kappa shape index (κ2) is 3.44. The van der Waals surface area contributed by atoms with Crippen LogP contribution in [-0.4, -0.2) is 25.1 Å². The second-order valence-electron chi connectivity index (χ2n) is 3.66. The summed E-state index contributed by atoms with van der Waals surface area (Å²) in [4.78, 5) is 16.0. The van der Waals surface area contributed by atoms with E-state index in [4.69, 9.17) is 5.73 Å². The van der Waals surface area contributed by atoms with Crippen LogP contribution in [0.2, 0.25) is 0 Å². The molecular formula is C11H9N5O. The molecule has 17 heavy (non-hydrogen) atoms. The van der Waals surface area contributed by atoms with Crippen molar-refractivity contribution in [2.24, 2.45) is 0 Å². The summed E-state index contributed by atoms with van der Waals surface area (Å²) < 4.78 is 3.05. The van der Waals surface area contributed by atoms with Gasteiger partial charge in [0, 0.05) is 11.8 Å². The van der Waals surface area contributed by atoms with Gasteiger partial charge in [-0.15, -0.1) is 0 Å². The zero-order valence-corrected chi connectivity index (χ0v) is 8.82. The molecule has 84 valence electrons. The van der Waals surface area contributed by atoms with E-state index in [0.717, 1.165) is 5.52 Å². The van der Waals surface area contributed by atoms with Gasteiger partial charge in [-0.3, -0.25) is 4.79 Å². The van der Waals surface area contributed by atoms with Crippen molar-refractivity contribution < 1.29 is 4.79 Å². The predicted molar refractivity (Wildman–Crippen MR) is 61.6 cm³/mol. The Balaban J connectivity index is 2.05. The zero-order valence-electron chi connectivity index (χ0n) is 8.82. The number of pyridine rings is 1. The Morgan fingerprint density at radius 2 is 2.24 bits per heavy atom. The van der Waals surface area contributed by atoms with Crippen LogP contribution in [0.25, 0.3) is 5.52 Å². The van der Waals surface area contributed by atoms with Crippen molar-refractivity contribution in [3.05, 3.63) is 48.8 Å². The molecule has 0 aliphatic rings. The van der Waals surface area contributed by atoms with Crippen LogP contribution in [0.15, 0.2) is 43.2 Å². The lowest BCUT2D eigenvalue weighted by Gasteiger charge is -2.01. The quantitative estimate of drug-likeness (QED) is 0.667. The first kappa shape index (κ1) is 9.59. The Morgan fingerprint density at radius 1 is 1.35 bits per heavy atom. The van der Waals surface area contributed by atoms with Crippen molar-refractivity contribution >= 4 is 17.1 Å². The van der Waals surface area contributed by atoms with Gasteiger partial charge in [-0.05, 0) is 12.1 Å². The molecule has 0 aromatic carbocycles. The lowest BCUT2D eigenvalue weighted by atomic mass is 10.2. The van der Waals surface area contributed by atoms with E-state index >= 15 is 0 Å². The van der Waals surface area contributed by atoms with E-state index in [9.17, 15) is 4.79 Å². The van der Waals surface area contributed by atoms with Crippen molar-refractivity contribution in [3.8, 4) is 0 Å². The van der Waals surface area contributed by atoms with Crippen molar-refractivity contribution in [2.75, 3.05) is 5.73 Å². The van der Waals surface area contributed by atoms with Gasteiger partial charge in [-0.25, -0.2) is 9.67 Å². The van der Waals surface area contributed by atoms with Crippen LogP contribution in [0.3, 0.4) is 0 Å². The number of imidazole rings is 1. The highest BCUT2D eigenvalue weighted by Crippen LogP contribution is 2.09. The predicted octanol–water partition coefficient (Wildman–Crippen LogP) is 0.801. The third-order valence-electron chi connectivity index (χ3n) is 2.47. The molecule has 0 unspecified atom stereocenters. The van der Waals surface area contributed by atoms with Gasteiger partial charge >= 0.3 is 0 Å². The van der Waals surface area contributed by atoms with Gasteiger partial charge in [0.15, 0.2) is 0 Å². The molecule has 3 aromatic heterocycles. The number of hydrogen-bond acceptors (Lipinski definition) is 4. The summed E-state index contributed by atoms with van der Waals surface area (Å²) in [5, 5.41) is 3.88. The molecule has 0 amide bonds. The fourth-order valence-electron chi connectivity index (χ4n) is 1.63. The first-order chi connectivity index (χ1) is 8.24. The standard InChI is InChI=1S/C11H9N5O/c12-9-4-14-16(6-9)11(17)8-1-2-15-7-13-5-10(15)3-8/h1-7H,12H2. The van der Waals surface area contributed by atoms with Gasteiger partial charge in [0.25, 0.3) is 5.91 Å². The number of nitrogens with zero attached hydrogens (tertiary/aromatic N) is 4. The van der Waals surface area contributed by atoms with E-state index in [1.807, 2.05) is 4.40 Å². The summed E-state index contributed by atoms with van der Waals surface area (Å²) in [6.45, 7) is 0. The number of carbonyl (C=O) groups is 1. The number of aromatic nitrogens is 4. The van der Waals surface area contributed by atoms with Crippen molar-refractivity contribution in [1.82, 2.24) is 19.2 Å². The first-order valence-corrected chi connectivity index (χ1v) is 5.00. The van der Waals surface area contributed by atoms with Gasteiger partial charge in [0.1, 0.15) is 0 Å². The van der Waals surface area contributed by atoms with Gasteiger partial charge in [-0.1, -0.05) is 0 Å². The van der Waals surface area contributed by atoms with E-state index in [2.05, 4.69) is 10.1 Å². The number of carbonyl (C=O) groups excluding carboxylic acids is 1. The highest BCUT2D eigenvalue weighted by atomic mass is 16.2. The van der Waals surface area contributed by atoms with Crippen LogP contribution >= 0.6 is 0 Å². The third-order valence-corrected chi connectivity index (χ3v) is 2.47. The molecule has 0 spiro atoms. The largest absolute Gasteiger partial charge is 0.396 e.